The molecule has 0 fully saturated rings. The maximum absolute atomic E-state index is 9.11. The zero-order valence-electron chi connectivity index (χ0n) is 7.39. The molecule has 0 aliphatic heterocycles. The Kier molecular flexibility index (Phi) is 2.52. The van der Waals surface area contributed by atoms with E-state index in [1.165, 1.54) is 0 Å². The molecule has 1 heterocycles. The molecule has 2 rings (SSSR count). The Hall–Kier alpha value is -1.32. The standard InChI is InChI=1S/C10H9ClN2O/c11-9-5-12-13(6-9)10-4-2-1-3-8(10)7-14/h1-6,14H,7H2. The highest BCUT2D eigenvalue weighted by molar-refractivity contribution is 6.30. The van der Waals surface area contributed by atoms with Crippen molar-refractivity contribution in [3.05, 3.63) is 47.2 Å². The highest BCUT2D eigenvalue weighted by atomic mass is 35.5. The second-order valence-electron chi connectivity index (χ2n) is 2.89. The Balaban J connectivity index is 2.50. The highest BCUT2D eigenvalue weighted by Gasteiger charge is 2.03. The van der Waals surface area contributed by atoms with Gasteiger partial charge < -0.3 is 5.11 Å². The summed E-state index contributed by atoms with van der Waals surface area (Å²) in [5.74, 6) is 0. The molecule has 14 heavy (non-hydrogen) atoms. The molecule has 0 aliphatic carbocycles. The van der Waals surface area contributed by atoms with Crippen molar-refractivity contribution in [2.75, 3.05) is 0 Å². The molecule has 0 radical (unpaired) electrons. The third-order valence-electron chi connectivity index (χ3n) is 1.96. The van der Waals surface area contributed by atoms with Crippen molar-refractivity contribution >= 4 is 11.6 Å². The van der Waals surface area contributed by atoms with E-state index in [1.807, 2.05) is 24.3 Å². The van der Waals surface area contributed by atoms with Gasteiger partial charge in [-0.3, -0.25) is 0 Å². The number of hydrogen-bond acceptors (Lipinski definition) is 2. The van der Waals surface area contributed by atoms with Gasteiger partial charge in [0.1, 0.15) is 0 Å². The number of benzene rings is 1. The first-order valence-electron chi connectivity index (χ1n) is 4.20. The van der Waals surface area contributed by atoms with Crippen LogP contribution in [0.25, 0.3) is 5.69 Å². The van der Waals surface area contributed by atoms with Crippen LogP contribution in [0.5, 0.6) is 0 Å². The summed E-state index contributed by atoms with van der Waals surface area (Å²) >= 11 is 5.76. The van der Waals surface area contributed by atoms with Crippen molar-refractivity contribution in [3.63, 3.8) is 0 Å². The molecule has 1 aromatic heterocycles. The van der Waals surface area contributed by atoms with Gasteiger partial charge in [0.25, 0.3) is 0 Å². The van der Waals surface area contributed by atoms with E-state index >= 15 is 0 Å². The van der Waals surface area contributed by atoms with Crippen LogP contribution in [0.3, 0.4) is 0 Å². The molecule has 0 spiro atoms. The number of aliphatic hydroxyl groups excluding tert-OH is 1. The minimum atomic E-state index is -0.00630. The van der Waals surface area contributed by atoms with Crippen LogP contribution in [0, 0.1) is 0 Å². The van der Waals surface area contributed by atoms with Crippen LogP contribution in [0.2, 0.25) is 5.02 Å². The van der Waals surface area contributed by atoms with Crippen molar-refractivity contribution in [1.82, 2.24) is 9.78 Å². The monoisotopic (exact) mass is 208 g/mol. The summed E-state index contributed by atoms with van der Waals surface area (Å²) in [6, 6.07) is 7.50. The van der Waals surface area contributed by atoms with Crippen LogP contribution in [0.4, 0.5) is 0 Å². The fraction of sp³-hybridized carbons (Fsp3) is 0.100. The predicted octanol–water partition coefficient (Wildman–Crippen LogP) is 2.02. The smallest absolute Gasteiger partial charge is 0.0790 e. The lowest BCUT2D eigenvalue weighted by Crippen LogP contribution is -1.99. The Morgan fingerprint density at radius 3 is 2.79 bits per heavy atom. The van der Waals surface area contributed by atoms with Gasteiger partial charge in [-0.05, 0) is 6.07 Å². The predicted molar refractivity (Wildman–Crippen MR) is 54.5 cm³/mol. The van der Waals surface area contributed by atoms with Gasteiger partial charge in [-0.1, -0.05) is 29.8 Å². The third kappa shape index (κ3) is 1.64. The van der Waals surface area contributed by atoms with Gasteiger partial charge in [0.2, 0.25) is 0 Å². The lowest BCUT2D eigenvalue weighted by atomic mass is 10.2. The molecule has 4 heteroatoms. The molecule has 0 saturated heterocycles. The fourth-order valence-electron chi connectivity index (χ4n) is 1.30. The largest absolute Gasteiger partial charge is 0.392 e. The SMILES string of the molecule is OCc1ccccc1-n1cc(Cl)cn1. The van der Waals surface area contributed by atoms with E-state index in [2.05, 4.69) is 5.10 Å². The molecule has 0 unspecified atom stereocenters. The summed E-state index contributed by atoms with van der Waals surface area (Å²) in [6.07, 6.45) is 3.27. The maximum Gasteiger partial charge on any atom is 0.0790 e. The van der Waals surface area contributed by atoms with Crippen molar-refractivity contribution in [2.24, 2.45) is 0 Å². The average molecular weight is 209 g/mol. The molecule has 1 N–H and O–H groups in total. The first kappa shape index (κ1) is 9.24. The second-order valence-corrected chi connectivity index (χ2v) is 3.33. The topological polar surface area (TPSA) is 38.0 Å². The van der Waals surface area contributed by atoms with E-state index < -0.39 is 0 Å². The van der Waals surface area contributed by atoms with Crippen LogP contribution in [-0.2, 0) is 6.61 Å². The van der Waals surface area contributed by atoms with Crippen molar-refractivity contribution < 1.29 is 5.11 Å². The first-order valence-corrected chi connectivity index (χ1v) is 4.58. The minimum absolute atomic E-state index is 0.00630. The summed E-state index contributed by atoms with van der Waals surface area (Å²) in [5, 5.41) is 13.8. The van der Waals surface area contributed by atoms with Crippen LogP contribution in [0.1, 0.15) is 5.56 Å². The molecule has 2 aromatic rings. The molecule has 0 amide bonds. The Labute approximate surface area is 86.6 Å². The number of nitrogens with zero attached hydrogens (tertiary/aromatic N) is 2. The second kappa shape index (κ2) is 3.82. The summed E-state index contributed by atoms with van der Waals surface area (Å²) < 4.78 is 1.65. The lowest BCUT2D eigenvalue weighted by molar-refractivity contribution is 0.281. The summed E-state index contributed by atoms with van der Waals surface area (Å²) in [4.78, 5) is 0. The average Bonchev–Trinajstić information content (AvgIpc) is 2.65. The summed E-state index contributed by atoms with van der Waals surface area (Å²) in [5.41, 5.74) is 1.68. The molecular weight excluding hydrogens is 200 g/mol. The molecule has 0 bridgehead atoms. The van der Waals surface area contributed by atoms with Crippen molar-refractivity contribution in [3.8, 4) is 5.69 Å². The molecule has 0 aliphatic rings. The van der Waals surface area contributed by atoms with Crippen LogP contribution >= 0.6 is 11.6 Å². The van der Waals surface area contributed by atoms with Crippen LogP contribution in [0.15, 0.2) is 36.7 Å². The van der Waals surface area contributed by atoms with Crippen LogP contribution in [-0.4, -0.2) is 14.9 Å². The zero-order valence-corrected chi connectivity index (χ0v) is 8.15. The fourth-order valence-corrected chi connectivity index (χ4v) is 1.44. The Morgan fingerprint density at radius 1 is 1.36 bits per heavy atom. The minimum Gasteiger partial charge on any atom is -0.392 e. The number of rotatable bonds is 2. The van der Waals surface area contributed by atoms with E-state index in [4.69, 9.17) is 16.7 Å². The summed E-state index contributed by atoms with van der Waals surface area (Å²) in [7, 11) is 0. The van der Waals surface area contributed by atoms with Gasteiger partial charge in [-0.15, -0.1) is 0 Å². The number of halogens is 1. The Morgan fingerprint density at radius 2 is 2.14 bits per heavy atom. The molecular formula is C10H9ClN2O. The van der Waals surface area contributed by atoms with Gasteiger partial charge in [-0.2, -0.15) is 5.10 Å². The number of aromatic nitrogens is 2. The summed E-state index contributed by atoms with van der Waals surface area (Å²) in [6.45, 7) is -0.00630. The van der Waals surface area contributed by atoms with Gasteiger partial charge in [0.05, 0.1) is 23.5 Å². The molecule has 0 saturated carbocycles. The van der Waals surface area contributed by atoms with Gasteiger partial charge in [0, 0.05) is 11.8 Å². The zero-order chi connectivity index (χ0) is 9.97. The normalized spacial score (nSPS) is 10.4. The maximum atomic E-state index is 9.11. The quantitative estimate of drug-likeness (QED) is 0.820. The first-order chi connectivity index (χ1) is 6.81. The third-order valence-corrected chi connectivity index (χ3v) is 2.16. The number of aliphatic hydroxyl groups is 1. The van der Waals surface area contributed by atoms with E-state index in [0.717, 1.165) is 11.3 Å². The number of para-hydroxylation sites is 1. The van der Waals surface area contributed by atoms with Crippen molar-refractivity contribution in [1.29, 1.82) is 0 Å². The van der Waals surface area contributed by atoms with Crippen molar-refractivity contribution in [2.45, 2.75) is 6.61 Å². The highest BCUT2D eigenvalue weighted by Crippen LogP contribution is 2.15. The molecule has 72 valence electrons. The molecule has 1 aromatic carbocycles. The molecule has 3 nitrogen and oxygen atoms in total. The number of hydrogen-bond donors (Lipinski definition) is 1. The molecule has 0 atom stereocenters. The van der Waals surface area contributed by atoms with E-state index in [-0.39, 0.29) is 6.61 Å². The lowest BCUT2D eigenvalue weighted by Gasteiger charge is -2.05. The van der Waals surface area contributed by atoms with Gasteiger partial charge >= 0.3 is 0 Å². The van der Waals surface area contributed by atoms with E-state index in [1.54, 1.807) is 17.1 Å². The van der Waals surface area contributed by atoms with E-state index in [9.17, 15) is 0 Å². The van der Waals surface area contributed by atoms with E-state index in [0.29, 0.717) is 5.02 Å². The van der Waals surface area contributed by atoms with Gasteiger partial charge in [0.15, 0.2) is 0 Å². The Bertz CT molecular complexity index is 439. The van der Waals surface area contributed by atoms with Gasteiger partial charge in [-0.25, -0.2) is 4.68 Å². The van der Waals surface area contributed by atoms with Crippen LogP contribution < -0.4 is 0 Å².